The second-order valence-corrected chi connectivity index (χ2v) is 9.63. The van der Waals surface area contributed by atoms with Crippen LogP contribution in [0.1, 0.15) is 45.2 Å². The molecule has 0 aliphatic carbocycles. The number of rotatable bonds is 4. The van der Waals surface area contributed by atoms with E-state index in [0.29, 0.717) is 28.3 Å². The molecule has 0 unspecified atom stereocenters. The van der Waals surface area contributed by atoms with Crippen molar-refractivity contribution in [3.05, 3.63) is 84.6 Å². The summed E-state index contributed by atoms with van der Waals surface area (Å²) in [4.78, 5) is 34.4. The highest BCUT2D eigenvalue weighted by Crippen LogP contribution is 2.43. The van der Waals surface area contributed by atoms with Crippen LogP contribution in [0.25, 0.3) is 11.0 Å². The summed E-state index contributed by atoms with van der Waals surface area (Å²) in [5, 5.41) is 0.968. The van der Waals surface area contributed by atoms with E-state index in [2.05, 4.69) is 20.9 Å². The molecule has 0 radical (unpaired) electrons. The lowest BCUT2D eigenvalue weighted by Gasteiger charge is -2.22. The highest BCUT2D eigenvalue weighted by molar-refractivity contribution is 9.10. The first kappa shape index (κ1) is 20.9. The molecular formula is C24H19BrN2O4S. The van der Waals surface area contributed by atoms with Gasteiger partial charge in [0.1, 0.15) is 11.3 Å². The van der Waals surface area contributed by atoms with Gasteiger partial charge in [0.15, 0.2) is 10.6 Å². The lowest BCUT2D eigenvalue weighted by atomic mass is 9.98. The molecule has 8 heteroatoms. The number of nitrogens with zero attached hydrogens (tertiary/aromatic N) is 2. The van der Waals surface area contributed by atoms with Gasteiger partial charge < -0.3 is 9.15 Å². The molecule has 0 saturated heterocycles. The van der Waals surface area contributed by atoms with Gasteiger partial charge in [0.05, 0.1) is 29.3 Å². The molecule has 3 heterocycles. The predicted molar refractivity (Wildman–Crippen MR) is 128 cm³/mol. The van der Waals surface area contributed by atoms with E-state index in [-0.39, 0.29) is 17.1 Å². The molecule has 1 atom stereocenters. The highest BCUT2D eigenvalue weighted by Gasteiger charge is 2.45. The molecule has 162 valence electrons. The zero-order valence-corrected chi connectivity index (χ0v) is 20.0. The van der Waals surface area contributed by atoms with Crippen molar-refractivity contribution in [3.63, 3.8) is 0 Å². The van der Waals surface area contributed by atoms with Crippen LogP contribution in [0.4, 0.5) is 5.13 Å². The summed E-state index contributed by atoms with van der Waals surface area (Å²) in [6.45, 7) is 6.34. The summed E-state index contributed by atoms with van der Waals surface area (Å²) in [5.41, 5.74) is 2.13. The van der Waals surface area contributed by atoms with Crippen LogP contribution in [0.5, 0.6) is 5.75 Å². The van der Waals surface area contributed by atoms with Gasteiger partial charge in [0.25, 0.3) is 5.91 Å². The Hall–Kier alpha value is -2.97. The summed E-state index contributed by atoms with van der Waals surface area (Å²) < 4.78 is 12.3. The Bertz CT molecular complexity index is 1410. The highest BCUT2D eigenvalue weighted by atomic mass is 79.9. The van der Waals surface area contributed by atoms with E-state index in [9.17, 15) is 9.59 Å². The number of aryl methyl sites for hydroxylation is 2. The van der Waals surface area contributed by atoms with Crippen molar-refractivity contribution in [2.45, 2.75) is 26.8 Å². The SMILES string of the molecule is CCOc1ccc([C@@H]2c3c(oc4ccc(Br)cc4c3=O)C(=O)N2c2nc(C)c(C)s2)cc1. The number of ether oxygens (including phenoxy) is 1. The fourth-order valence-corrected chi connectivity index (χ4v) is 5.23. The first-order valence-corrected chi connectivity index (χ1v) is 11.8. The second-order valence-electron chi connectivity index (χ2n) is 7.53. The smallest absolute Gasteiger partial charge is 0.297 e. The number of aromatic nitrogens is 1. The van der Waals surface area contributed by atoms with Crippen molar-refractivity contribution >= 4 is 49.3 Å². The predicted octanol–water partition coefficient (Wildman–Crippen LogP) is 5.78. The molecule has 2 aromatic heterocycles. The van der Waals surface area contributed by atoms with Gasteiger partial charge in [-0.3, -0.25) is 14.5 Å². The average molecular weight is 511 g/mol. The van der Waals surface area contributed by atoms with Gasteiger partial charge in [0.2, 0.25) is 5.76 Å². The molecule has 0 N–H and O–H groups in total. The second kappa shape index (κ2) is 7.86. The maximum atomic E-state index is 13.6. The van der Waals surface area contributed by atoms with E-state index in [1.807, 2.05) is 45.0 Å². The fourth-order valence-electron chi connectivity index (χ4n) is 3.93. The molecule has 1 aliphatic rings. The number of amides is 1. The summed E-state index contributed by atoms with van der Waals surface area (Å²) in [5.74, 6) is 0.423. The van der Waals surface area contributed by atoms with Gasteiger partial charge in [-0.2, -0.15) is 0 Å². The Kier molecular flexibility index (Phi) is 5.14. The summed E-state index contributed by atoms with van der Waals surface area (Å²) >= 11 is 4.85. The zero-order valence-electron chi connectivity index (χ0n) is 17.6. The first-order chi connectivity index (χ1) is 15.4. The number of hydrogen-bond donors (Lipinski definition) is 0. The Balaban J connectivity index is 1.77. The van der Waals surface area contributed by atoms with Gasteiger partial charge in [-0.1, -0.05) is 28.1 Å². The number of carbonyl (C=O) groups excluding carboxylic acids is 1. The maximum absolute atomic E-state index is 13.6. The van der Waals surface area contributed by atoms with Crippen LogP contribution in [0.15, 0.2) is 56.1 Å². The van der Waals surface area contributed by atoms with E-state index in [4.69, 9.17) is 9.15 Å². The van der Waals surface area contributed by atoms with Crippen molar-refractivity contribution < 1.29 is 13.9 Å². The van der Waals surface area contributed by atoms with E-state index < -0.39 is 6.04 Å². The first-order valence-electron chi connectivity index (χ1n) is 10.2. The number of thiazole rings is 1. The van der Waals surface area contributed by atoms with Gasteiger partial charge >= 0.3 is 0 Å². The molecule has 1 amide bonds. The third-order valence-corrected chi connectivity index (χ3v) is 7.13. The van der Waals surface area contributed by atoms with Gasteiger partial charge in [0, 0.05) is 9.35 Å². The topological polar surface area (TPSA) is 72.6 Å². The summed E-state index contributed by atoms with van der Waals surface area (Å²) in [6, 6.07) is 12.0. The van der Waals surface area contributed by atoms with Gasteiger partial charge in [-0.25, -0.2) is 4.98 Å². The number of anilines is 1. The lowest BCUT2D eigenvalue weighted by Crippen LogP contribution is -2.29. The van der Waals surface area contributed by atoms with Crippen molar-refractivity contribution in [1.29, 1.82) is 0 Å². The Morgan fingerprint density at radius 2 is 1.91 bits per heavy atom. The standard InChI is InChI=1S/C24H19BrN2O4S/c1-4-30-16-8-5-14(6-9-16)20-19-21(28)17-11-15(25)7-10-18(17)31-22(19)23(29)27(20)24-26-12(2)13(3)32-24/h5-11,20H,4H2,1-3H3/t20-/m1/s1. The zero-order chi connectivity index (χ0) is 22.6. The molecule has 1 aliphatic heterocycles. The lowest BCUT2D eigenvalue weighted by molar-refractivity contribution is 0.0971. The van der Waals surface area contributed by atoms with Crippen LogP contribution in [0.3, 0.4) is 0 Å². The van der Waals surface area contributed by atoms with Crippen LogP contribution >= 0.6 is 27.3 Å². The molecule has 0 bridgehead atoms. The minimum atomic E-state index is -0.641. The number of benzene rings is 2. The van der Waals surface area contributed by atoms with E-state index in [1.165, 1.54) is 11.3 Å². The molecule has 4 aromatic rings. The van der Waals surface area contributed by atoms with Crippen LogP contribution in [0, 0.1) is 13.8 Å². The monoisotopic (exact) mass is 510 g/mol. The molecule has 0 fully saturated rings. The number of hydrogen-bond acceptors (Lipinski definition) is 6. The Morgan fingerprint density at radius 1 is 1.16 bits per heavy atom. The Labute approximate surface area is 196 Å². The number of fused-ring (bicyclic) bond motifs is 2. The molecule has 32 heavy (non-hydrogen) atoms. The molecule has 0 saturated carbocycles. The van der Waals surface area contributed by atoms with Crippen LogP contribution in [0.2, 0.25) is 0 Å². The van der Waals surface area contributed by atoms with Gasteiger partial charge in [-0.15, -0.1) is 11.3 Å². The summed E-state index contributed by atoms with van der Waals surface area (Å²) in [6.07, 6.45) is 0. The van der Waals surface area contributed by atoms with E-state index in [1.54, 1.807) is 23.1 Å². The van der Waals surface area contributed by atoms with Crippen LogP contribution < -0.4 is 15.1 Å². The third kappa shape index (κ3) is 3.25. The van der Waals surface area contributed by atoms with Crippen LogP contribution in [-0.4, -0.2) is 17.5 Å². The van der Waals surface area contributed by atoms with Gasteiger partial charge in [-0.05, 0) is 56.7 Å². The number of halogens is 1. The number of carbonyl (C=O) groups is 1. The fraction of sp³-hybridized carbons (Fsp3) is 0.208. The average Bonchev–Trinajstić information content (AvgIpc) is 3.26. The summed E-state index contributed by atoms with van der Waals surface area (Å²) in [7, 11) is 0. The molecule has 6 nitrogen and oxygen atoms in total. The molecule has 0 spiro atoms. The normalized spacial score (nSPS) is 15.4. The Morgan fingerprint density at radius 3 is 2.56 bits per heavy atom. The van der Waals surface area contributed by atoms with E-state index in [0.717, 1.165) is 26.4 Å². The van der Waals surface area contributed by atoms with Crippen LogP contribution in [-0.2, 0) is 0 Å². The molecular weight excluding hydrogens is 492 g/mol. The van der Waals surface area contributed by atoms with E-state index >= 15 is 0 Å². The minimum Gasteiger partial charge on any atom is -0.494 e. The van der Waals surface area contributed by atoms with Crippen molar-refractivity contribution in [2.24, 2.45) is 0 Å². The minimum absolute atomic E-state index is 0.0641. The molecule has 2 aromatic carbocycles. The largest absolute Gasteiger partial charge is 0.494 e. The third-order valence-electron chi connectivity index (χ3n) is 5.56. The van der Waals surface area contributed by atoms with Crippen molar-refractivity contribution in [1.82, 2.24) is 4.98 Å². The van der Waals surface area contributed by atoms with Crippen molar-refractivity contribution in [3.8, 4) is 5.75 Å². The molecule has 5 rings (SSSR count). The van der Waals surface area contributed by atoms with Crippen molar-refractivity contribution in [2.75, 3.05) is 11.5 Å². The quantitative estimate of drug-likeness (QED) is 0.348. The maximum Gasteiger partial charge on any atom is 0.297 e.